The van der Waals surface area contributed by atoms with Crippen molar-refractivity contribution in [3.05, 3.63) is 46.8 Å². The fourth-order valence-corrected chi connectivity index (χ4v) is 2.84. The first-order valence-corrected chi connectivity index (χ1v) is 8.32. The van der Waals surface area contributed by atoms with E-state index in [2.05, 4.69) is 15.0 Å². The Balaban J connectivity index is 1.35. The molecule has 23 heavy (non-hydrogen) atoms. The molecule has 0 amide bonds. The van der Waals surface area contributed by atoms with Crippen LogP contribution >= 0.6 is 11.6 Å². The van der Waals surface area contributed by atoms with Gasteiger partial charge in [0.15, 0.2) is 0 Å². The highest BCUT2D eigenvalue weighted by atomic mass is 35.5. The maximum atomic E-state index is 5.86. The average Bonchev–Trinajstić information content (AvgIpc) is 2.96. The van der Waals surface area contributed by atoms with Gasteiger partial charge in [-0.1, -0.05) is 16.8 Å². The van der Waals surface area contributed by atoms with Crippen LogP contribution in [0.2, 0.25) is 5.02 Å². The molecule has 6 heteroatoms. The molecule has 5 nitrogen and oxygen atoms in total. The van der Waals surface area contributed by atoms with Crippen LogP contribution in [0.5, 0.6) is 5.75 Å². The second-order valence-electron chi connectivity index (χ2n) is 5.85. The quantitative estimate of drug-likeness (QED) is 0.812. The number of halogens is 1. The standard InChI is InChI=1S/C17H22ClN3O2/c1-14-12-16(19-23-14)13-21-8-6-20(7-9-21)10-11-22-17-4-2-15(18)3-5-17/h2-5,12H,6-11,13H2,1H3. The summed E-state index contributed by atoms with van der Waals surface area (Å²) in [5, 5.41) is 4.79. The minimum Gasteiger partial charge on any atom is -0.492 e. The van der Waals surface area contributed by atoms with Crippen LogP contribution in [0.4, 0.5) is 0 Å². The zero-order valence-corrected chi connectivity index (χ0v) is 14.1. The number of nitrogens with zero attached hydrogens (tertiary/aromatic N) is 3. The molecule has 0 radical (unpaired) electrons. The molecule has 1 fully saturated rings. The Bertz CT molecular complexity index is 607. The van der Waals surface area contributed by atoms with Crippen molar-refractivity contribution in [1.82, 2.24) is 15.0 Å². The highest BCUT2D eigenvalue weighted by Crippen LogP contribution is 2.15. The van der Waals surface area contributed by atoms with E-state index in [4.69, 9.17) is 20.9 Å². The van der Waals surface area contributed by atoms with Gasteiger partial charge in [0.1, 0.15) is 18.1 Å². The van der Waals surface area contributed by atoms with Gasteiger partial charge >= 0.3 is 0 Å². The van der Waals surface area contributed by atoms with E-state index < -0.39 is 0 Å². The fraction of sp³-hybridized carbons (Fsp3) is 0.471. The summed E-state index contributed by atoms with van der Waals surface area (Å²) in [7, 11) is 0. The third-order valence-electron chi connectivity index (χ3n) is 4.02. The summed E-state index contributed by atoms with van der Waals surface area (Å²) in [6.45, 7) is 8.65. The predicted octanol–water partition coefficient (Wildman–Crippen LogP) is 2.83. The highest BCUT2D eigenvalue weighted by molar-refractivity contribution is 6.30. The van der Waals surface area contributed by atoms with Crippen molar-refractivity contribution in [2.45, 2.75) is 13.5 Å². The summed E-state index contributed by atoms with van der Waals surface area (Å²) in [6, 6.07) is 9.51. The van der Waals surface area contributed by atoms with E-state index >= 15 is 0 Å². The molecule has 0 N–H and O–H groups in total. The Kier molecular flexibility index (Phi) is 5.54. The normalized spacial score (nSPS) is 16.6. The topological polar surface area (TPSA) is 41.7 Å². The molecule has 0 atom stereocenters. The minimum atomic E-state index is 0.699. The fourth-order valence-electron chi connectivity index (χ4n) is 2.72. The summed E-state index contributed by atoms with van der Waals surface area (Å²) in [5.74, 6) is 1.74. The molecule has 3 rings (SSSR count). The van der Waals surface area contributed by atoms with Gasteiger partial charge in [-0.05, 0) is 31.2 Å². The summed E-state index contributed by atoms with van der Waals surface area (Å²) < 4.78 is 10.9. The minimum absolute atomic E-state index is 0.699. The number of piperazine rings is 1. The second kappa shape index (κ2) is 7.81. The molecule has 2 heterocycles. The molecule has 0 aliphatic carbocycles. The van der Waals surface area contributed by atoms with Gasteiger partial charge in [0, 0.05) is 50.4 Å². The van der Waals surface area contributed by atoms with Crippen molar-refractivity contribution in [2.75, 3.05) is 39.3 Å². The number of hydrogen-bond donors (Lipinski definition) is 0. The lowest BCUT2D eigenvalue weighted by Crippen LogP contribution is -2.47. The van der Waals surface area contributed by atoms with E-state index in [1.807, 2.05) is 37.3 Å². The van der Waals surface area contributed by atoms with Crippen molar-refractivity contribution < 1.29 is 9.26 Å². The van der Waals surface area contributed by atoms with Crippen LogP contribution in [0.1, 0.15) is 11.5 Å². The summed E-state index contributed by atoms with van der Waals surface area (Å²) >= 11 is 5.86. The van der Waals surface area contributed by atoms with E-state index in [0.29, 0.717) is 6.61 Å². The van der Waals surface area contributed by atoms with Gasteiger partial charge in [0.25, 0.3) is 0 Å². The van der Waals surface area contributed by atoms with Gasteiger partial charge in [0.2, 0.25) is 0 Å². The molecule has 1 aromatic carbocycles. The van der Waals surface area contributed by atoms with Crippen molar-refractivity contribution in [1.29, 1.82) is 0 Å². The van der Waals surface area contributed by atoms with Gasteiger partial charge in [-0.2, -0.15) is 0 Å². The predicted molar refractivity (Wildman–Crippen MR) is 89.9 cm³/mol. The molecule has 0 bridgehead atoms. The lowest BCUT2D eigenvalue weighted by Gasteiger charge is -2.34. The summed E-state index contributed by atoms with van der Waals surface area (Å²) in [5.41, 5.74) is 1.02. The zero-order chi connectivity index (χ0) is 16.1. The van der Waals surface area contributed by atoms with Crippen molar-refractivity contribution >= 4 is 11.6 Å². The first kappa shape index (κ1) is 16.3. The molecule has 1 aliphatic heterocycles. The SMILES string of the molecule is Cc1cc(CN2CCN(CCOc3ccc(Cl)cc3)CC2)no1. The molecule has 0 saturated carbocycles. The number of aromatic nitrogens is 1. The van der Waals surface area contributed by atoms with Gasteiger partial charge in [-0.15, -0.1) is 0 Å². The van der Waals surface area contributed by atoms with Crippen LogP contribution in [0, 0.1) is 6.92 Å². The molecule has 0 spiro atoms. The van der Waals surface area contributed by atoms with Crippen LogP contribution in [0.25, 0.3) is 0 Å². The molecule has 0 unspecified atom stereocenters. The Morgan fingerprint density at radius 3 is 2.48 bits per heavy atom. The summed E-state index contributed by atoms with van der Waals surface area (Å²) in [4.78, 5) is 4.84. The van der Waals surface area contributed by atoms with Crippen molar-refractivity contribution in [3.8, 4) is 5.75 Å². The number of hydrogen-bond acceptors (Lipinski definition) is 5. The van der Waals surface area contributed by atoms with Crippen LogP contribution in [-0.2, 0) is 6.54 Å². The molecule has 1 saturated heterocycles. The lowest BCUT2D eigenvalue weighted by atomic mass is 10.3. The monoisotopic (exact) mass is 335 g/mol. The zero-order valence-electron chi connectivity index (χ0n) is 13.4. The van der Waals surface area contributed by atoms with Crippen LogP contribution in [0.15, 0.2) is 34.9 Å². The number of rotatable bonds is 6. The molecular weight excluding hydrogens is 314 g/mol. The Hall–Kier alpha value is -1.56. The third-order valence-corrected chi connectivity index (χ3v) is 4.27. The number of benzene rings is 1. The van der Waals surface area contributed by atoms with E-state index in [1.54, 1.807) is 0 Å². The highest BCUT2D eigenvalue weighted by Gasteiger charge is 2.17. The first-order valence-electron chi connectivity index (χ1n) is 7.94. The van der Waals surface area contributed by atoms with E-state index in [-0.39, 0.29) is 0 Å². The van der Waals surface area contributed by atoms with Crippen molar-refractivity contribution in [2.24, 2.45) is 0 Å². The third kappa shape index (κ3) is 4.96. The van der Waals surface area contributed by atoms with Crippen LogP contribution in [-0.4, -0.2) is 54.3 Å². The molecule has 1 aliphatic rings. The molecule has 124 valence electrons. The van der Waals surface area contributed by atoms with Gasteiger partial charge < -0.3 is 9.26 Å². The van der Waals surface area contributed by atoms with Crippen LogP contribution < -0.4 is 4.74 Å². The van der Waals surface area contributed by atoms with E-state index in [0.717, 1.165) is 61.5 Å². The largest absolute Gasteiger partial charge is 0.492 e. The smallest absolute Gasteiger partial charge is 0.133 e. The van der Waals surface area contributed by atoms with E-state index in [1.165, 1.54) is 0 Å². The van der Waals surface area contributed by atoms with Gasteiger partial charge in [0.05, 0.1) is 5.69 Å². The molecule has 2 aromatic rings. The summed E-state index contributed by atoms with van der Waals surface area (Å²) in [6.07, 6.45) is 0. The number of aryl methyl sites for hydroxylation is 1. The maximum Gasteiger partial charge on any atom is 0.133 e. The Morgan fingerprint density at radius 2 is 1.83 bits per heavy atom. The van der Waals surface area contributed by atoms with Gasteiger partial charge in [-0.3, -0.25) is 9.80 Å². The number of ether oxygens (including phenoxy) is 1. The van der Waals surface area contributed by atoms with E-state index in [9.17, 15) is 0 Å². The van der Waals surface area contributed by atoms with Crippen LogP contribution in [0.3, 0.4) is 0 Å². The van der Waals surface area contributed by atoms with Gasteiger partial charge in [-0.25, -0.2) is 0 Å². The maximum absolute atomic E-state index is 5.86. The molecule has 1 aromatic heterocycles. The average molecular weight is 336 g/mol. The second-order valence-corrected chi connectivity index (χ2v) is 6.29. The first-order chi connectivity index (χ1) is 11.2. The Morgan fingerprint density at radius 1 is 1.13 bits per heavy atom. The lowest BCUT2D eigenvalue weighted by molar-refractivity contribution is 0.111. The molecular formula is C17H22ClN3O2. The Labute approximate surface area is 141 Å². The van der Waals surface area contributed by atoms with Crippen molar-refractivity contribution in [3.63, 3.8) is 0 Å².